The molecule has 1 aliphatic heterocycles. The number of carbonyl (C=O) groups is 1. The standard InChI is InChI=1S/C14H17N3OS/c1-11-4-2-5-13-15-12(10-17(11)13)14(18)16-6-3-8-19-9-7-16/h2,4-5,10H,3,6-9H2,1H3. The van der Waals surface area contributed by atoms with E-state index in [1.54, 1.807) is 0 Å². The molecule has 4 nitrogen and oxygen atoms in total. The lowest BCUT2D eigenvalue weighted by Crippen LogP contribution is -2.33. The van der Waals surface area contributed by atoms with E-state index in [0.717, 1.165) is 42.4 Å². The molecule has 100 valence electrons. The molecule has 0 saturated carbocycles. The summed E-state index contributed by atoms with van der Waals surface area (Å²) in [6.07, 6.45) is 2.92. The Balaban J connectivity index is 1.90. The molecule has 1 fully saturated rings. The van der Waals surface area contributed by atoms with Gasteiger partial charge in [0.05, 0.1) is 0 Å². The third kappa shape index (κ3) is 2.47. The van der Waals surface area contributed by atoms with Crippen molar-refractivity contribution in [1.82, 2.24) is 14.3 Å². The van der Waals surface area contributed by atoms with E-state index in [0.29, 0.717) is 5.69 Å². The van der Waals surface area contributed by atoms with Crippen molar-refractivity contribution in [2.24, 2.45) is 0 Å². The zero-order valence-electron chi connectivity index (χ0n) is 11.0. The Morgan fingerprint density at radius 2 is 2.21 bits per heavy atom. The van der Waals surface area contributed by atoms with Gasteiger partial charge in [-0.3, -0.25) is 4.79 Å². The highest BCUT2D eigenvalue weighted by molar-refractivity contribution is 7.99. The number of imidazole rings is 1. The minimum absolute atomic E-state index is 0.0607. The SMILES string of the molecule is Cc1cccc2nc(C(=O)N3CCCSCC3)cn12. The van der Waals surface area contributed by atoms with Crippen molar-refractivity contribution in [3.05, 3.63) is 35.8 Å². The second-order valence-electron chi connectivity index (χ2n) is 4.78. The number of aryl methyl sites for hydroxylation is 1. The Labute approximate surface area is 116 Å². The number of fused-ring (bicyclic) bond motifs is 1. The number of hydrogen-bond donors (Lipinski definition) is 0. The van der Waals surface area contributed by atoms with Crippen molar-refractivity contribution in [1.29, 1.82) is 0 Å². The van der Waals surface area contributed by atoms with E-state index in [4.69, 9.17) is 0 Å². The summed E-state index contributed by atoms with van der Waals surface area (Å²) in [6, 6.07) is 5.92. The Hall–Kier alpha value is -1.49. The number of carbonyl (C=O) groups excluding carboxylic acids is 1. The quantitative estimate of drug-likeness (QED) is 0.801. The predicted molar refractivity (Wildman–Crippen MR) is 77.8 cm³/mol. The monoisotopic (exact) mass is 275 g/mol. The van der Waals surface area contributed by atoms with Gasteiger partial charge in [-0.1, -0.05) is 6.07 Å². The lowest BCUT2D eigenvalue weighted by molar-refractivity contribution is 0.0763. The van der Waals surface area contributed by atoms with Gasteiger partial charge in [-0.2, -0.15) is 11.8 Å². The van der Waals surface area contributed by atoms with Crippen molar-refractivity contribution < 1.29 is 4.79 Å². The number of nitrogens with zero attached hydrogens (tertiary/aromatic N) is 3. The van der Waals surface area contributed by atoms with Crippen LogP contribution in [0.1, 0.15) is 22.6 Å². The minimum atomic E-state index is 0.0607. The first kappa shape index (κ1) is 12.5. The van der Waals surface area contributed by atoms with Gasteiger partial charge < -0.3 is 9.30 Å². The van der Waals surface area contributed by atoms with Crippen LogP contribution in [0.3, 0.4) is 0 Å². The number of hydrogen-bond acceptors (Lipinski definition) is 3. The fourth-order valence-electron chi connectivity index (χ4n) is 2.36. The molecule has 0 spiro atoms. The fourth-order valence-corrected chi connectivity index (χ4v) is 3.25. The second kappa shape index (κ2) is 5.25. The van der Waals surface area contributed by atoms with Gasteiger partial charge >= 0.3 is 0 Å². The Bertz CT molecular complexity index is 600. The highest BCUT2D eigenvalue weighted by Gasteiger charge is 2.20. The Morgan fingerprint density at radius 3 is 3.05 bits per heavy atom. The lowest BCUT2D eigenvalue weighted by Gasteiger charge is -2.18. The van der Waals surface area contributed by atoms with E-state index in [1.807, 2.05) is 52.4 Å². The molecule has 1 amide bonds. The van der Waals surface area contributed by atoms with Crippen molar-refractivity contribution in [3.63, 3.8) is 0 Å². The smallest absolute Gasteiger partial charge is 0.274 e. The zero-order valence-corrected chi connectivity index (χ0v) is 11.8. The minimum Gasteiger partial charge on any atom is -0.336 e. The number of rotatable bonds is 1. The summed E-state index contributed by atoms with van der Waals surface area (Å²) >= 11 is 1.92. The van der Waals surface area contributed by atoms with Crippen LogP contribution in [0.25, 0.3) is 5.65 Å². The van der Waals surface area contributed by atoms with E-state index < -0.39 is 0 Å². The third-order valence-corrected chi connectivity index (χ3v) is 4.47. The first-order chi connectivity index (χ1) is 9.25. The van der Waals surface area contributed by atoms with Crippen molar-refractivity contribution >= 4 is 23.3 Å². The molecule has 2 aromatic rings. The van der Waals surface area contributed by atoms with Crippen LogP contribution in [-0.2, 0) is 0 Å². The summed E-state index contributed by atoms with van der Waals surface area (Å²) in [5.41, 5.74) is 2.49. The van der Waals surface area contributed by atoms with Crippen LogP contribution in [0.4, 0.5) is 0 Å². The van der Waals surface area contributed by atoms with Gasteiger partial charge in [0.1, 0.15) is 11.3 Å². The maximum atomic E-state index is 12.5. The van der Waals surface area contributed by atoms with E-state index in [1.165, 1.54) is 0 Å². The summed E-state index contributed by atoms with van der Waals surface area (Å²) in [5, 5.41) is 0. The van der Waals surface area contributed by atoms with Gasteiger partial charge in [0.25, 0.3) is 5.91 Å². The van der Waals surface area contributed by atoms with Crippen LogP contribution in [0, 0.1) is 6.92 Å². The van der Waals surface area contributed by atoms with Gasteiger partial charge in [-0.25, -0.2) is 4.98 Å². The fraction of sp³-hybridized carbons (Fsp3) is 0.429. The summed E-state index contributed by atoms with van der Waals surface area (Å²) < 4.78 is 1.97. The zero-order chi connectivity index (χ0) is 13.2. The highest BCUT2D eigenvalue weighted by Crippen LogP contribution is 2.14. The molecule has 0 bridgehead atoms. The summed E-state index contributed by atoms with van der Waals surface area (Å²) in [5.74, 6) is 2.23. The first-order valence-electron chi connectivity index (χ1n) is 6.57. The maximum Gasteiger partial charge on any atom is 0.274 e. The molecule has 0 aliphatic carbocycles. The summed E-state index contributed by atoms with van der Waals surface area (Å²) in [6.45, 7) is 3.69. The molecule has 0 atom stereocenters. The van der Waals surface area contributed by atoms with Crippen LogP contribution in [-0.4, -0.2) is 44.8 Å². The van der Waals surface area contributed by atoms with Crippen molar-refractivity contribution in [2.45, 2.75) is 13.3 Å². The first-order valence-corrected chi connectivity index (χ1v) is 7.73. The molecular weight excluding hydrogens is 258 g/mol. The number of pyridine rings is 1. The molecule has 0 aromatic carbocycles. The molecule has 3 rings (SSSR count). The Morgan fingerprint density at radius 1 is 1.32 bits per heavy atom. The third-order valence-electron chi connectivity index (χ3n) is 3.42. The average molecular weight is 275 g/mol. The largest absolute Gasteiger partial charge is 0.336 e. The van der Waals surface area contributed by atoms with Crippen LogP contribution >= 0.6 is 11.8 Å². The number of aromatic nitrogens is 2. The molecule has 0 radical (unpaired) electrons. The second-order valence-corrected chi connectivity index (χ2v) is 6.00. The topological polar surface area (TPSA) is 37.6 Å². The Kier molecular flexibility index (Phi) is 3.46. The molecule has 19 heavy (non-hydrogen) atoms. The molecule has 1 saturated heterocycles. The number of amides is 1. The van der Waals surface area contributed by atoms with Gasteiger partial charge in [-0.05, 0) is 31.2 Å². The molecule has 5 heteroatoms. The van der Waals surface area contributed by atoms with Crippen LogP contribution < -0.4 is 0 Å². The summed E-state index contributed by atoms with van der Waals surface area (Å²) in [4.78, 5) is 18.8. The molecule has 0 unspecified atom stereocenters. The average Bonchev–Trinajstić information content (AvgIpc) is 2.67. The van der Waals surface area contributed by atoms with Crippen LogP contribution in [0.2, 0.25) is 0 Å². The summed E-state index contributed by atoms with van der Waals surface area (Å²) in [7, 11) is 0. The van der Waals surface area contributed by atoms with Crippen LogP contribution in [0.5, 0.6) is 0 Å². The maximum absolute atomic E-state index is 12.5. The van der Waals surface area contributed by atoms with E-state index in [2.05, 4.69) is 4.98 Å². The van der Waals surface area contributed by atoms with Crippen molar-refractivity contribution in [3.8, 4) is 0 Å². The molecule has 2 aromatic heterocycles. The molecule has 3 heterocycles. The number of thioether (sulfide) groups is 1. The lowest BCUT2D eigenvalue weighted by atomic mass is 10.3. The molecule has 0 N–H and O–H groups in total. The van der Waals surface area contributed by atoms with Crippen LogP contribution in [0.15, 0.2) is 24.4 Å². The molecule has 1 aliphatic rings. The predicted octanol–water partition coefficient (Wildman–Crippen LogP) is 2.22. The van der Waals surface area contributed by atoms with Gasteiger partial charge in [0.15, 0.2) is 0 Å². The van der Waals surface area contributed by atoms with E-state index >= 15 is 0 Å². The van der Waals surface area contributed by atoms with E-state index in [9.17, 15) is 4.79 Å². The van der Waals surface area contributed by atoms with Gasteiger partial charge in [0.2, 0.25) is 0 Å². The van der Waals surface area contributed by atoms with Gasteiger partial charge in [-0.15, -0.1) is 0 Å². The normalized spacial score (nSPS) is 16.6. The molecular formula is C14H17N3OS. The van der Waals surface area contributed by atoms with E-state index in [-0.39, 0.29) is 5.91 Å². The van der Waals surface area contributed by atoms with Gasteiger partial charge in [0, 0.05) is 30.7 Å². The van der Waals surface area contributed by atoms with Crippen molar-refractivity contribution in [2.75, 3.05) is 24.6 Å². The highest BCUT2D eigenvalue weighted by atomic mass is 32.2.